The lowest BCUT2D eigenvalue weighted by atomic mass is 10.0. The van der Waals surface area contributed by atoms with Crippen molar-refractivity contribution in [2.45, 2.75) is 54.7 Å². The van der Waals surface area contributed by atoms with Gasteiger partial charge in [0.15, 0.2) is 10.2 Å². The van der Waals surface area contributed by atoms with E-state index in [-0.39, 0.29) is 10.2 Å². The van der Waals surface area contributed by atoms with Gasteiger partial charge in [0.05, 0.1) is 23.3 Å². The number of unbranched alkanes of at least 4 members (excludes halogenated alkanes) is 3. The monoisotopic (exact) mass is 600 g/mol. The lowest BCUT2D eigenvalue weighted by molar-refractivity contribution is -0.111. The maximum absolute atomic E-state index is 12.4. The third kappa shape index (κ3) is 10.5. The molecule has 0 bridgehead atoms. The van der Waals surface area contributed by atoms with E-state index < -0.39 is 0 Å². The summed E-state index contributed by atoms with van der Waals surface area (Å²) in [7, 11) is 0. The maximum atomic E-state index is 12.4. The maximum Gasteiger partial charge on any atom is 0.193 e. The van der Waals surface area contributed by atoms with Crippen molar-refractivity contribution in [1.82, 2.24) is 0 Å². The summed E-state index contributed by atoms with van der Waals surface area (Å²) >= 11 is 2.57. The van der Waals surface area contributed by atoms with Crippen molar-refractivity contribution in [2.24, 2.45) is 0 Å². The minimum absolute atomic E-state index is 0.166. The number of thioether (sulfide) groups is 2. The number of allylic oxidation sites excluding steroid dienone is 2. The predicted molar refractivity (Wildman–Crippen MR) is 176 cm³/mol. The van der Waals surface area contributed by atoms with Crippen LogP contribution in [0.1, 0.15) is 56.1 Å². The molecule has 214 valence electrons. The van der Waals surface area contributed by atoms with E-state index in [1.807, 2.05) is 72.8 Å². The Morgan fingerprint density at radius 3 is 1.26 bits per heavy atom. The van der Waals surface area contributed by atoms with Crippen LogP contribution in [-0.2, 0) is 9.59 Å². The number of hydrogen-bond acceptors (Lipinski definition) is 6. The van der Waals surface area contributed by atoms with Crippen LogP contribution >= 0.6 is 23.5 Å². The van der Waals surface area contributed by atoms with Crippen LogP contribution in [0.25, 0.3) is 22.3 Å². The van der Waals surface area contributed by atoms with Crippen LogP contribution in [0.3, 0.4) is 0 Å². The molecule has 43 heavy (non-hydrogen) atoms. The van der Waals surface area contributed by atoms with E-state index in [4.69, 9.17) is 10.5 Å². The number of carbonyl (C=O) groups excluding carboxylic acids is 2. The van der Waals surface area contributed by atoms with Crippen molar-refractivity contribution < 1.29 is 9.59 Å². The highest BCUT2D eigenvalue weighted by atomic mass is 32.2. The Morgan fingerprint density at radius 1 is 0.512 bits per heavy atom. The van der Waals surface area contributed by atoms with Gasteiger partial charge in [0.1, 0.15) is 0 Å². The van der Waals surface area contributed by atoms with Gasteiger partial charge in [0.25, 0.3) is 0 Å². The zero-order valence-corrected chi connectivity index (χ0v) is 25.5. The van der Waals surface area contributed by atoms with E-state index in [0.29, 0.717) is 24.0 Å². The number of hydrogen-bond donors (Lipinski definition) is 0. The first-order valence-corrected chi connectivity index (χ1v) is 15.9. The van der Waals surface area contributed by atoms with Crippen molar-refractivity contribution in [3.8, 4) is 34.4 Å². The van der Waals surface area contributed by atoms with E-state index >= 15 is 0 Å². The minimum Gasteiger partial charge on any atom is -0.287 e. The van der Waals surface area contributed by atoms with Crippen LogP contribution in [0, 0.1) is 22.7 Å². The average Bonchev–Trinajstić information content (AvgIpc) is 3.05. The summed E-state index contributed by atoms with van der Waals surface area (Å²) in [4.78, 5) is 26.6. The Kier molecular flexibility index (Phi) is 12.4. The van der Waals surface area contributed by atoms with Crippen LogP contribution in [0.2, 0.25) is 0 Å². The van der Waals surface area contributed by atoms with Crippen LogP contribution < -0.4 is 0 Å². The summed E-state index contributed by atoms with van der Waals surface area (Å²) in [6.07, 6.45) is 9.83. The van der Waals surface area contributed by atoms with Gasteiger partial charge in [-0.25, -0.2) is 0 Å². The van der Waals surface area contributed by atoms with Crippen molar-refractivity contribution in [3.63, 3.8) is 0 Å². The highest BCUT2D eigenvalue weighted by molar-refractivity contribution is 8.13. The van der Waals surface area contributed by atoms with Gasteiger partial charge < -0.3 is 0 Å². The second-order valence-corrected chi connectivity index (χ2v) is 12.2. The van der Waals surface area contributed by atoms with Gasteiger partial charge in [0, 0.05) is 22.6 Å². The Balaban J connectivity index is 1.05. The van der Waals surface area contributed by atoms with Gasteiger partial charge in [0.2, 0.25) is 0 Å². The number of nitriles is 2. The Labute approximate surface area is 262 Å². The molecule has 0 saturated heterocycles. The van der Waals surface area contributed by atoms with Gasteiger partial charge in [-0.15, -0.1) is 0 Å². The molecule has 4 nitrogen and oxygen atoms in total. The van der Waals surface area contributed by atoms with Crippen molar-refractivity contribution in [3.05, 3.63) is 120 Å². The molecule has 0 N–H and O–H groups in total. The smallest absolute Gasteiger partial charge is 0.193 e. The lowest BCUT2D eigenvalue weighted by Crippen LogP contribution is -1.91. The lowest BCUT2D eigenvalue weighted by Gasteiger charge is -2.04. The number of rotatable bonds is 13. The average molecular weight is 601 g/mol. The van der Waals surface area contributed by atoms with Crippen LogP contribution in [0.4, 0.5) is 0 Å². The standard InChI is InChI=1S/C37H32N2O2S2/c38-26-28-10-14-30(15-11-28)32-18-22-34(23-19-32)42-36(40)8-6-4-2-1-3-5-7-9-37(41)43-35-24-20-33(21-25-35)31-16-12-29(27-39)13-17-31/h1-2,10-25H,3-9H2. The van der Waals surface area contributed by atoms with Gasteiger partial charge in [-0.05, 0) is 103 Å². The summed E-state index contributed by atoms with van der Waals surface area (Å²) in [5, 5.41) is 18.2. The second kappa shape index (κ2) is 16.9. The fourth-order valence-corrected chi connectivity index (χ4v) is 5.96. The summed E-state index contributed by atoms with van der Waals surface area (Å²) in [5.41, 5.74) is 5.48. The van der Waals surface area contributed by atoms with Gasteiger partial charge in [-0.2, -0.15) is 10.5 Å². The van der Waals surface area contributed by atoms with E-state index in [2.05, 4.69) is 24.3 Å². The zero-order chi connectivity index (χ0) is 30.3. The molecule has 0 atom stereocenters. The summed E-state index contributed by atoms with van der Waals surface area (Å²) in [6, 6.07) is 35.1. The molecule has 0 radical (unpaired) electrons. The van der Waals surface area contributed by atoms with Crippen LogP contribution in [-0.4, -0.2) is 10.2 Å². The van der Waals surface area contributed by atoms with E-state index in [0.717, 1.165) is 64.1 Å². The molecule has 0 aliphatic rings. The molecule has 0 heterocycles. The minimum atomic E-state index is 0.166. The van der Waals surface area contributed by atoms with Crippen molar-refractivity contribution in [1.29, 1.82) is 10.5 Å². The fraction of sp³-hybridized carbons (Fsp3) is 0.189. The van der Waals surface area contributed by atoms with Crippen LogP contribution in [0.5, 0.6) is 0 Å². The SMILES string of the molecule is N#Cc1ccc(-c2ccc(SC(=O)CCCC=CCCCCC(=O)Sc3ccc(-c4ccc(C#N)cc4)cc3)cc2)cc1. The summed E-state index contributed by atoms with van der Waals surface area (Å²) in [5.74, 6) is 0. The fourth-order valence-electron chi connectivity index (χ4n) is 4.40. The molecule has 4 aromatic carbocycles. The van der Waals surface area contributed by atoms with E-state index in [1.165, 1.54) is 23.5 Å². The molecule has 0 unspecified atom stereocenters. The second-order valence-electron chi connectivity index (χ2n) is 9.98. The molecule has 4 rings (SSSR count). The molecular formula is C37H32N2O2S2. The summed E-state index contributed by atoms with van der Waals surface area (Å²) < 4.78 is 0. The first-order chi connectivity index (χ1) is 21.0. The van der Waals surface area contributed by atoms with Crippen molar-refractivity contribution in [2.75, 3.05) is 0 Å². The molecule has 0 aromatic heterocycles. The predicted octanol–water partition coefficient (Wildman–Crippen LogP) is 9.99. The normalized spacial score (nSPS) is 10.7. The van der Waals surface area contributed by atoms with E-state index in [1.54, 1.807) is 24.3 Å². The molecule has 0 aliphatic heterocycles. The third-order valence-corrected chi connectivity index (χ3v) is 8.67. The Hall–Kier alpha value is -4.36. The largest absolute Gasteiger partial charge is 0.287 e. The Bertz CT molecular complexity index is 1610. The molecule has 0 amide bonds. The number of carbonyl (C=O) groups is 2. The Morgan fingerprint density at radius 2 is 0.860 bits per heavy atom. The molecule has 0 saturated carbocycles. The highest BCUT2D eigenvalue weighted by Gasteiger charge is 2.07. The number of nitrogens with zero attached hydrogens (tertiary/aromatic N) is 2. The molecule has 6 heteroatoms. The zero-order valence-electron chi connectivity index (χ0n) is 23.9. The van der Waals surface area contributed by atoms with Gasteiger partial charge >= 0.3 is 0 Å². The third-order valence-electron chi connectivity index (χ3n) is 6.79. The topological polar surface area (TPSA) is 81.7 Å². The number of benzene rings is 4. The first kappa shape index (κ1) is 31.6. The molecule has 0 fully saturated rings. The van der Waals surface area contributed by atoms with Gasteiger partial charge in [-0.1, -0.05) is 84.2 Å². The van der Waals surface area contributed by atoms with Crippen LogP contribution in [0.15, 0.2) is 119 Å². The molecule has 0 spiro atoms. The summed E-state index contributed by atoms with van der Waals surface area (Å²) in [6.45, 7) is 0. The van der Waals surface area contributed by atoms with Crippen molar-refractivity contribution >= 4 is 33.8 Å². The molecule has 0 aliphatic carbocycles. The van der Waals surface area contributed by atoms with Gasteiger partial charge in [-0.3, -0.25) is 9.59 Å². The molecular weight excluding hydrogens is 569 g/mol. The first-order valence-electron chi connectivity index (χ1n) is 14.3. The van der Waals surface area contributed by atoms with E-state index in [9.17, 15) is 9.59 Å². The highest BCUT2D eigenvalue weighted by Crippen LogP contribution is 2.27. The molecule has 4 aromatic rings. The quantitative estimate of drug-likeness (QED) is 0.0863.